The highest BCUT2D eigenvalue weighted by atomic mass is 16.3. The molecular weight excluding hydrogens is 388 g/mol. The second-order valence-electron chi connectivity index (χ2n) is 8.87. The molecule has 4 aromatic carbocycles. The van der Waals surface area contributed by atoms with Gasteiger partial charge >= 0.3 is 0 Å². The Morgan fingerprint density at radius 3 is 2.34 bits per heavy atom. The van der Waals surface area contributed by atoms with Gasteiger partial charge in [0.1, 0.15) is 11.2 Å². The zero-order valence-corrected chi connectivity index (χ0v) is 17.7. The van der Waals surface area contributed by atoms with Crippen LogP contribution in [0.5, 0.6) is 0 Å². The molecule has 0 bridgehead atoms. The fourth-order valence-corrected chi connectivity index (χ4v) is 6.05. The topological polar surface area (TPSA) is 13.1 Å². The molecule has 1 heteroatoms. The lowest BCUT2D eigenvalue weighted by Crippen LogP contribution is -2.35. The van der Waals surface area contributed by atoms with Gasteiger partial charge in [-0.25, -0.2) is 0 Å². The van der Waals surface area contributed by atoms with E-state index in [4.69, 9.17) is 4.42 Å². The number of hydrogen-bond donors (Lipinski definition) is 0. The maximum absolute atomic E-state index is 6.29. The van der Waals surface area contributed by atoms with Crippen molar-refractivity contribution < 1.29 is 4.42 Å². The van der Waals surface area contributed by atoms with Gasteiger partial charge in [-0.1, -0.05) is 97.1 Å². The van der Waals surface area contributed by atoms with Gasteiger partial charge in [0.15, 0.2) is 0 Å². The molecule has 152 valence electrons. The molecular formula is C31H22O. The molecule has 7 rings (SSSR count). The number of para-hydroxylation sites is 1. The molecule has 2 aliphatic rings. The standard InChI is InChI=1S/C31H22O/c1-3-11-21(12-4-1)31(22-13-5-2-6-14-22)27-17-9-7-15-23(27)25-20-30-26(19-28(25)31)24-16-8-10-18-29(24)32-30/h1-13,15-20,22H,14H2. The minimum Gasteiger partial charge on any atom is -0.456 e. The van der Waals surface area contributed by atoms with Crippen LogP contribution in [0, 0.1) is 5.92 Å². The molecule has 1 aromatic heterocycles. The largest absolute Gasteiger partial charge is 0.456 e. The van der Waals surface area contributed by atoms with Gasteiger partial charge in [0.25, 0.3) is 0 Å². The summed E-state index contributed by atoms with van der Waals surface area (Å²) in [7, 11) is 0. The molecule has 32 heavy (non-hydrogen) atoms. The van der Waals surface area contributed by atoms with Crippen LogP contribution in [-0.4, -0.2) is 0 Å². The SMILES string of the molecule is C1=CCC(C2(c3ccccc3)c3ccccc3-c3cc4oc5ccccc5c4cc32)C=C1. The van der Waals surface area contributed by atoms with Crippen molar-refractivity contribution in [3.05, 3.63) is 132 Å². The molecule has 0 aliphatic heterocycles. The average Bonchev–Trinajstić information content (AvgIpc) is 3.37. The summed E-state index contributed by atoms with van der Waals surface area (Å²) < 4.78 is 6.29. The Balaban J connectivity index is 1.65. The molecule has 0 N–H and O–H groups in total. The van der Waals surface area contributed by atoms with Crippen LogP contribution in [0.4, 0.5) is 0 Å². The second-order valence-corrected chi connectivity index (χ2v) is 8.87. The maximum atomic E-state index is 6.29. The highest BCUT2D eigenvalue weighted by Gasteiger charge is 2.49. The Kier molecular flexibility index (Phi) is 3.66. The predicted molar refractivity (Wildman–Crippen MR) is 132 cm³/mol. The summed E-state index contributed by atoms with van der Waals surface area (Å²) in [6.07, 6.45) is 10.1. The molecule has 0 saturated heterocycles. The van der Waals surface area contributed by atoms with Crippen molar-refractivity contribution >= 4 is 21.9 Å². The third kappa shape index (κ3) is 2.23. The van der Waals surface area contributed by atoms with Crippen LogP contribution in [0.25, 0.3) is 33.1 Å². The fourth-order valence-electron chi connectivity index (χ4n) is 6.05. The van der Waals surface area contributed by atoms with Crippen molar-refractivity contribution in [3.63, 3.8) is 0 Å². The van der Waals surface area contributed by atoms with E-state index in [9.17, 15) is 0 Å². The van der Waals surface area contributed by atoms with Crippen LogP contribution in [0.1, 0.15) is 23.1 Å². The molecule has 2 unspecified atom stereocenters. The Morgan fingerprint density at radius 2 is 1.47 bits per heavy atom. The molecule has 2 atom stereocenters. The van der Waals surface area contributed by atoms with E-state index < -0.39 is 0 Å². The van der Waals surface area contributed by atoms with Crippen molar-refractivity contribution in [2.75, 3.05) is 0 Å². The lowest BCUT2D eigenvalue weighted by atomic mass is 9.62. The number of hydrogen-bond acceptors (Lipinski definition) is 1. The monoisotopic (exact) mass is 410 g/mol. The maximum Gasteiger partial charge on any atom is 0.136 e. The third-order valence-corrected chi connectivity index (χ3v) is 7.35. The lowest BCUT2D eigenvalue weighted by molar-refractivity contribution is 0.458. The first-order valence-corrected chi connectivity index (χ1v) is 11.3. The van der Waals surface area contributed by atoms with E-state index in [0.717, 1.165) is 17.6 Å². The predicted octanol–water partition coefficient (Wildman–Crippen LogP) is 8.03. The number of furan rings is 1. The van der Waals surface area contributed by atoms with Crippen LogP contribution in [-0.2, 0) is 5.41 Å². The normalized spacial score (nSPS) is 21.2. The zero-order valence-electron chi connectivity index (χ0n) is 17.7. The summed E-state index contributed by atoms with van der Waals surface area (Å²) in [5, 5.41) is 2.38. The molecule has 0 spiro atoms. The number of fused-ring (bicyclic) bond motifs is 6. The quantitative estimate of drug-likeness (QED) is 0.287. The summed E-state index contributed by atoms with van der Waals surface area (Å²) in [6.45, 7) is 0. The molecule has 0 fully saturated rings. The zero-order chi connectivity index (χ0) is 21.1. The molecule has 2 aliphatic carbocycles. The lowest BCUT2D eigenvalue weighted by Gasteiger charge is -2.39. The Morgan fingerprint density at radius 1 is 0.656 bits per heavy atom. The van der Waals surface area contributed by atoms with Crippen molar-refractivity contribution in [1.29, 1.82) is 0 Å². The summed E-state index contributed by atoms with van der Waals surface area (Å²) in [5.41, 5.74) is 8.41. The van der Waals surface area contributed by atoms with Gasteiger partial charge in [0.05, 0.1) is 5.41 Å². The van der Waals surface area contributed by atoms with E-state index in [1.807, 2.05) is 6.07 Å². The molecule has 0 saturated carbocycles. The van der Waals surface area contributed by atoms with E-state index in [1.54, 1.807) is 0 Å². The van der Waals surface area contributed by atoms with Crippen LogP contribution < -0.4 is 0 Å². The highest BCUT2D eigenvalue weighted by Crippen LogP contribution is 2.58. The minimum absolute atomic E-state index is 0.235. The third-order valence-electron chi connectivity index (χ3n) is 7.35. The van der Waals surface area contributed by atoms with Crippen molar-refractivity contribution in [2.24, 2.45) is 5.92 Å². The molecule has 0 radical (unpaired) electrons. The van der Waals surface area contributed by atoms with E-state index >= 15 is 0 Å². The summed E-state index contributed by atoms with van der Waals surface area (Å²) in [5.74, 6) is 0.341. The van der Waals surface area contributed by atoms with Gasteiger partial charge in [-0.3, -0.25) is 0 Å². The van der Waals surface area contributed by atoms with Crippen LogP contribution >= 0.6 is 0 Å². The number of benzene rings is 4. The van der Waals surface area contributed by atoms with Crippen LogP contribution in [0.15, 0.2) is 120 Å². The van der Waals surface area contributed by atoms with E-state index in [-0.39, 0.29) is 5.41 Å². The van der Waals surface area contributed by atoms with Gasteiger partial charge in [-0.2, -0.15) is 0 Å². The Hall–Kier alpha value is -3.84. The van der Waals surface area contributed by atoms with Crippen LogP contribution in [0.3, 0.4) is 0 Å². The van der Waals surface area contributed by atoms with Gasteiger partial charge in [0.2, 0.25) is 0 Å². The van der Waals surface area contributed by atoms with Crippen LogP contribution in [0.2, 0.25) is 0 Å². The number of rotatable bonds is 2. The first-order chi connectivity index (χ1) is 15.9. The summed E-state index contributed by atoms with van der Waals surface area (Å²) in [4.78, 5) is 0. The molecule has 1 nitrogen and oxygen atoms in total. The fraction of sp³-hybridized carbons (Fsp3) is 0.0968. The second kappa shape index (κ2) is 6.58. The van der Waals surface area contributed by atoms with E-state index in [1.165, 1.54) is 38.6 Å². The van der Waals surface area contributed by atoms with Gasteiger partial charge < -0.3 is 4.42 Å². The average molecular weight is 411 g/mol. The van der Waals surface area contributed by atoms with Crippen molar-refractivity contribution in [3.8, 4) is 11.1 Å². The highest BCUT2D eigenvalue weighted by molar-refractivity contribution is 6.07. The van der Waals surface area contributed by atoms with Crippen molar-refractivity contribution in [2.45, 2.75) is 11.8 Å². The first kappa shape index (κ1) is 17.8. The van der Waals surface area contributed by atoms with Gasteiger partial charge in [0, 0.05) is 10.8 Å². The van der Waals surface area contributed by atoms with Gasteiger partial charge in [-0.05, 0) is 58.4 Å². The molecule has 0 amide bonds. The number of allylic oxidation sites excluding steroid dienone is 4. The molecule has 5 aromatic rings. The van der Waals surface area contributed by atoms with Crippen molar-refractivity contribution in [1.82, 2.24) is 0 Å². The smallest absolute Gasteiger partial charge is 0.136 e. The van der Waals surface area contributed by atoms with E-state index in [2.05, 4.69) is 109 Å². The van der Waals surface area contributed by atoms with E-state index in [0.29, 0.717) is 5.92 Å². The summed E-state index contributed by atoms with van der Waals surface area (Å²) in [6, 6.07) is 33.1. The summed E-state index contributed by atoms with van der Waals surface area (Å²) >= 11 is 0. The molecule has 1 heterocycles. The minimum atomic E-state index is -0.235. The Bertz CT molecular complexity index is 1550. The first-order valence-electron chi connectivity index (χ1n) is 11.3. The Labute approximate surface area is 187 Å². The van der Waals surface area contributed by atoms with Gasteiger partial charge in [-0.15, -0.1) is 0 Å².